The van der Waals surface area contributed by atoms with E-state index in [0.29, 0.717) is 18.3 Å². The first-order valence-electron chi connectivity index (χ1n) is 6.53. The van der Waals surface area contributed by atoms with E-state index in [2.05, 4.69) is 5.32 Å². The molecule has 0 heterocycles. The van der Waals surface area contributed by atoms with Crippen LogP contribution in [0.25, 0.3) is 0 Å². The van der Waals surface area contributed by atoms with Crippen molar-refractivity contribution in [3.8, 4) is 5.75 Å². The Hall–Kier alpha value is -1.78. The van der Waals surface area contributed by atoms with E-state index in [1.807, 2.05) is 0 Å². The maximum atomic E-state index is 13.6. The van der Waals surface area contributed by atoms with E-state index in [1.165, 1.54) is 6.07 Å². The molecular formula is C14H19FN2O2. The number of nitrogens with zero attached hydrogens (tertiary/aromatic N) is 1. The Morgan fingerprint density at radius 3 is 2.84 bits per heavy atom. The van der Waals surface area contributed by atoms with Gasteiger partial charge in [-0.2, -0.15) is 0 Å². The summed E-state index contributed by atoms with van der Waals surface area (Å²) in [6.07, 6.45) is 2.17. The van der Waals surface area contributed by atoms with Crippen molar-refractivity contribution >= 4 is 11.6 Å². The molecule has 0 radical (unpaired) electrons. The second-order valence-corrected chi connectivity index (χ2v) is 4.67. The predicted molar refractivity (Wildman–Crippen MR) is 71.9 cm³/mol. The zero-order valence-electron chi connectivity index (χ0n) is 11.3. The predicted octanol–water partition coefficient (Wildman–Crippen LogP) is 2.26. The number of carbonyl (C=O) groups is 1. The van der Waals surface area contributed by atoms with Gasteiger partial charge in [0, 0.05) is 24.8 Å². The lowest BCUT2D eigenvalue weighted by atomic mass is 10.3. The molecule has 0 aliphatic heterocycles. The van der Waals surface area contributed by atoms with Crippen molar-refractivity contribution in [1.82, 2.24) is 4.90 Å². The number of amides is 1. The Balaban J connectivity index is 1.88. The molecule has 104 valence electrons. The quantitative estimate of drug-likeness (QED) is 0.858. The molecule has 1 aromatic rings. The molecule has 0 atom stereocenters. The van der Waals surface area contributed by atoms with E-state index in [4.69, 9.17) is 4.74 Å². The van der Waals surface area contributed by atoms with Gasteiger partial charge >= 0.3 is 0 Å². The molecule has 1 aliphatic rings. The summed E-state index contributed by atoms with van der Waals surface area (Å²) >= 11 is 0. The molecule has 1 amide bonds. The van der Waals surface area contributed by atoms with E-state index in [9.17, 15) is 9.18 Å². The average molecular weight is 266 g/mol. The molecule has 0 unspecified atom stereocenters. The topological polar surface area (TPSA) is 41.6 Å². The number of rotatable bonds is 6. The van der Waals surface area contributed by atoms with Crippen LogP contribution in [0.3, 0.4) is 0 Å². The fourth-order valence-electron chi connectivity index (χ4n) is 1.85. The number of halogens is 1. The van der Waals surface area contributed by atoms with Crippen LogP contribution in [0.5, 0.6) is 5.75 Å². The van der Waals surface area contributed by atoms with Gasteiger partial charge < -0.3 is 15.0 Å². The molecule has 1 fully saturated rings. The summed E-state index contributed by atoms with van der Waals surface area (Å²) in [7, 11) is 1.81. The van der Waals surface area contributed by atoms with E-state index in [1.54, 1.807) is 31.0 Å². The van der Waals surface area contributed by atoms with Crippen molar-refractivity contribution in [2.45, 2.75) is 25.8 Å². The third kappa shape index (κ3) is 3.59. The van der Waals surface area contributed by atoms with Gasteiger partial charge in [0.1, 0.15) is 0 Å². The normalized spacial score (nSPS) is 14.1. The highest BCUT2D eigenvalue weighted by Gasteiger charge is 2.29. The van der Waals surface area contributed by atoms with Crippen molar-refractivity contribution in [2.24, 2.45) is 0 Å². The van der Waals surface area contributed by atoms with Crippen LogP contribution >= 0.6 is 0 Å². The van der Waals surface area contributed by atoms with Crippen LogP contribution in [0, 0.1) is 5.82 Å². The number of anilines is 1. The average Bonchev–Trinajstić information content (AvgIpc) is 3.22. The van der Waals surface area contributed by atoms with Gasteiger partial charge in [0.25, 0.3) is 0 Å². The van der Waals surface area contributed by atoms with Crippen LogP contribution < -0.4 is 10.1 Å². The van der Waals surface area contributed by atoms with Gasteiger partial charge in [-0.05, 0) is 31.9 Å². The fourth-order valence-corrected chi connectivity index (χ4v) is 1.85. The second-order valence-electron chi connectivity index (χ2n) is 4.67. The number of benzene rings is 1. The molecule has 19 heavy (non-hydrogen) atoms. The zero-order valence-corrected chi connectivity index (χ0v) is 11.3. The van der Waals surface area contributed by atoms with Gasteiger partial charge in [-0.1, -0.05) is 0 Å². The molecule has 0 aromatic heterocycles. The van der Waals surface area contributed by atoms with Gasteiger partial charge in [-0.15, -0.1) is 0 Å². The van der Waals surface area contributed by atoms with Gasteiger partial charge in [-0.3, -0.25) is 4.79 Å². The minimum atomic E-state index is -0.421. The Kier molecular flexibility index (Phi) is 4.24. The molecule has 0 bridgehead atoms. The third-order valence-corrected chi connectivity index (χ3v) is 3.16. The molecule has 0 saturated heterocycles. The highest BCUT2D eigenvalue weighted by molar-refractivity contribution is 5.81. The number of hydrogen-bond acceptors (Lipinski definition) is 3. The zero-order chi connectivity index (χ0) is 13.8. The minimum Gasteiger partial charge on any atom is -0.491 e. The van der Waals surface area contributed by atoms with Crippen LogP contribution in [0.1, 0.15) is 19.8 Å². The first kappa shape index (κ1) is 13.6. The van der Waals surface area contributed by atoms with Crippen molar-refractivity contribution in [3.05, 3.63) is 24.0 Å². The summed E-state index contributed by atoms with van der Waals surface area (Å²) < 4.78 is 18.7. The van der Waals surface area contributed by atoms with E-state index in [0.717, 1.165) is 12.8 Å². The van der Waals surface area contributed by atoms with Crippen molar-refractivity contribution in [2.75, 3.05) is 25.5 Å². The van der Waals surface area contributed by atoms with Gasteiger partial charge in [0.05, 0.1) is 13.2 Å². The lowest BCUT2D eigenvalue weighted by Crippen LogP contribution is -2.33. The number of likely N-dealkylation sites (N-methyl/N-ethyl adjacent to an activating group) is 1. The number of hydrogen-bond donors (Lipinski definition) is 1. The molecule has 4 nitrogen and oxygen atoms in total. The van der Waals surface area contributed by atoms with Crippen LogP contribution in [0.15, 0.2) is 18.2 Å². The SMILES string of the molecule is CCOc1ccc(NCC(=O)N(C)C2CC2)cc1F. The summed E-state index contributed by atoms with van der Waals surface area (Å²) in [5.74, 6) is -0.166. The summed E-state index contributed by atoms with van der Waals surface area (Å²) in [6.45, 7) is 2.41. The molecule has 5 heteroatoms. The Labute approximate surface area is 112 Å². The number of carbonyl (C=O) groups excluding carboxylic acids is 1. The van der Waals surface area contributed by atoms with E-state index >= 15 is 0 Å². The Morgan fingerprint density at radius 2 is 2.26 bits per heavy atom. The van der Waals surface area contributed by atoms with Gasteiger partial charge in [0.2, 0.25) is 5.91 Å². The van der Waals surface area contributed by atoms with Gasteiger partial charge in [0.15, 0.2) is 11.6 Å². The lowest BCUT2D eigenvalue weighted by molar-refractivity contribution is -0.128. The monoisotopic (exact) mass is 266 g/mol. The number of nitrogens with one attached hydrogen (secondary N) is 1. The molecule has 0 spiro atoms. The summed E-state index contributed by atoms with van der Waals surface area (Å²) in [5, 5.41) is 2.93. The molecular weight excluding hydrogens is 247 g/mol. The molecule has 1 N–H and O–H groups in total. The van der Waals surface area contributed by atoms with Crippen molar-refractivity contribution in [3.63, 3.8) is 0 Å². The largest absolute Gasteiger partial charge is 0.491 e. The Bertz CT molecular complexity index is 461. The first-order chi connectivity index (χ1) is 9.11. The highest BCUT2D eigenvalue weighted by atomic mass is 19.1. The van der Waals surface area contributed by atoms with Crippen LogP contribution in [-0.4, -0.2) is 37.0 Å². The van der Waals surface area contributed by atoms with Crippen LogP contribution in [0.2, 0.25) is 0 Å². The molecule has 1 aliphatic carbocycles. The first-order valence-corrected chi connectivity index (χ1v) is 6.53. The maximum Gasteiger partial charge on any atom is 0.241 e. The van der Waals surface area contributed by atoms with Crippen molar-refractivity contribution in [1.29, 1.82) is 0 Å². The summed E-state index contributed by atoms with van der Waals surface area (Å²) in [6, 6.07) is 5.01. The van der Waals surface area contributed by atoms with E-state index in [-0.39, 0.29) is 18.2 Å². The van der Waals surface area contributed by atoms with Crippen LogP contribution in [0.4, 0.5) is 10.1 Å². The lowest BCUT2D eigenvalue weighted by Gasteiger charge is -2.17. The molecule has 1 aromatic carbocycles. The van der Waals surface area contributed by atoms with Gasteiger partial charge in [-0.25, -0.2) is 4.39 Å². The maximum absolute atomic E-state index is 13.6. The van der Waals surface area contributed by atoms with Crippen molar-refractivity contribution < 1.29 is 13.9 Å². The van der Waals surface area contributed by atoms with Crippen LogP contribution in [-0.2, 0) is 4.79 Å². The highest BCUT2D eigenvalue weighted by Crippen LogP contribution is 2.25. The summed E-state index contributed by atoms with van der Waals surface area (Å²) in [5.41, 5.74) is 0.582. The smallest absolute Gasteiger partial charge is 0.241 e. The standard InChI is InChI=1S/C14H19FN2O2/c1-3-19-13-7-4-10(8-12(13)15)16-9-14(18)17(2)11-5-6-11/h4,7-8,11,16H,3,5-6,9H2,1-2H3. The summed E-state index contributed by atoms with van der Waals surface area (Å²) in [4.78, 5) is 13.5. The van der Waals surface area contributed by atoms with E-state index < -0.39 is 5.82 Å². The Morgan fingerprint density at radius 1 is 1.53 bits per heavy atom. The fraction of sp³-hybridized carbons (Fsp3) is 0.500. The second kappa shape index (κ2) is 5.91. The third-order valence-electron chi connectivity index (χ3n) is 3.16. The molecule has 1 saturated carbocycles. The number of ether oxygens (including phenoxy) is 1. The minimum absolute atomic E-state index is 0.0248. The molecule has 2 rings (SSSR count).